The highest BCUT2D eigenvalue weighted by molar-refractivity contribution is 5.70. The molecule has 0 aliphatic carbocycles. The average molecular weight is 388 g/mol. The highest BCUT2D eigenvalue weighted by Crippen LogP contribution is 2.31. The Labute approximate surface area is 168 Å². The van der Waals surface area contributed by atoms with E-state index in [9.17, 15) is 9.59 Å². The van der Waals surface area contributed by atoms with Crippen molar-refractivity contribution in [1.29, 1.82) is 0 Å². The molecule has 1 unspecified atom stereocenters. The van der Waals surface area contributed by atoms with Gasteiger partial charge in [0.25, 0.3) is 0 Å². The number of rotatable bonds is 7. The quantitative estimate of drug-likeness (QED) is 0.489. The molecule has 1 aliphatic rings. The minimum absolute atomic E-state index is 0.0885. The lowest BCUT2D eigenvalue weighted by atomic mass is 9.99. The van der Waals surface area contributed by atoms with Gasteiger partial charge in [0.05, 0.1) is 12.6 Å². The maximum absolute atomic E-state index is 12.8. The second-order valence-corrected chi connectivity index (χ2v) is 8.66. The molecule has 0 saturated carbocycles. The fraction of sp³-hybridized carbons (Fsp3) is 0.565. The van der Waals surface area contributed by atoms with Gasteiger partial charge in [-0.25, -0.2) is 4.79 Å². The largest absolute Gasteiger partial charge is 0.444 e. The van der Waals surface area contributed by atoms with Crippen molar-refractivity contribution >= 4 is 18.5 Å². The monoisotopic (exact) mass is 387 g/mol. The van der Waals surface area contributed by atoms with E-state index in [-0.39, 0.29) is 12.1 Å². The molecule has 1 aliphatic heterocycles. The van der Waals surface area contributed by atoms with Gasteiger partial charge in [-0.3, -0.25) is 4.90 Å². The molecule has 0 N–H and O–H groups in total. The molecule has 1 atom stereocenters. The van der Waals surface area contributed by atoms with Gasteiger partial charge in [-0.15, -0.1) is 0 Å². The molecule has 1 aromatic rings. The lowest BCUT2D eigenvalue weighted by molar-refractivity contribution is -0.107. The zero-order valence-electron chi connectivity index (χ0n) is 17.7. The van der Waals surface area contributed by atoms with E-state index in [1.807, 2.05) is 46.8 Å². The van der Waals surface area contributed by atoms with E-state index in [4.69, 9.17) is 9.47 Å². The van der Waals surface area contributed by atoms with Crippen LogP contribution in [-0.4, -0.2) is 41.3 Å². The Morgan fingerprint density at radius 2 is 2.00 bits per heavy atom. The van der Waals surface area contributed by atoms with Gasteiger partial charge in [0, 0.05) is 6.42 Å². The number of unbranched alkanes of at least 4 members (excludes halogenated alkanes) is 2. The number of carbonyl (C=O) groups excluding carboxylic acids is 2. The molecule has 154 valence electrons. The van der Waals surface area contributed by atoms with Gasteiger partial charge >= 0.3 is 6.09 Å². The Kier molecular flexibility index (Phi) is 7.41. The maximum Gasteiger partial charge on any atom is 0.412 e. The molecule has 0 spiro atoms. The van der Waals surface area contributed by atoms with Crippen molar-refractivity contribution in [3.05, 3.63) is 41.5 Å². The van der Waals surface area contributed by atoms with E-state index in [1.165, 1.54) is 0 Å². The summed E-state index contributed by atoms with van der Waals surface area (Å²) in [7, 11) is 0. The number of aldehydes is 1. The molecule has 1 amide bonds. The zero-order valence-corrected chi connectivity index (χ0v) is 17.7. The molecule has 1 fully saturated rings. The van der Waals surface area contributed by atoms with Gasteiger partial charge in [-0.05, 0) is 65.0 Å². The Morgan fingerprint density at radius 1 is 1.29 bits per heavy atom. The molecule has 5 heteroatoms. The molecular formula is C23H33NO4. The second-order valence-electron chi connectivity index (χ2n) is 8.66. The normalized spacial score (nSPS) is 19.2. The van der Waals surface area contributed by atoms with Crippen LogP contribution in [0, 0.1) is 0 Å². The van der Waals surface area contributed by atoms with Gasteiger partial charge < -0.3 is 14.3 Å². The third-order valence-corrected chi connectivity index (χ3v) is 4.67. The van der Waals surface area contributed by atoms with Crippen molar-refractivity contribution in [2.45, 2.75) is 77.7 Å². The van der Waals surface area contributed by atoms with E-state index in [1.54, 1.807) is 4.90 Å². The zero-order chi connectivity index (χ0) is 20.8. The summed E-state index contributed by atoms with van der Waals surface area (Å²) in [5.74, 6) is 0. The number of nitrogens with zero attached hydrogens (tertiary/aromatic N) is 1. The summed E-state index contributed by atoms with van der Waals surface area (Å²) in [5, 5.41) is 0. The maximum atomic E-state index is 12.8. The summed E-state index contributed by atoms with van der Waals surface area (Å²) in [6.45, 7) is 9.88. The highest BCUT2D eigenvalue weighted by atomic mass is 16.6. The Bertz CT molecular complexity index is 703. The molecule has 1 aromatic carbocycles. The first kappa shape index (κ1) is 22.2. The standard InChI is InChI=1S/C23H33NO4/c1-22(2,3)28-21(26)24-20(17-27-23(24,4)5)16-19-14-10-9-13-18(19)12-8-6-7-11-15-25/h8-10,12-15,20H,6-7,11,16-17H2,1-5H3/b12-8-. The molecule has 28 heavy (non-hydrogen) atoms. The van der Waals surface area contributed by atoms with Crippen molar-refractivity contribution in [3.63, 3.8) is 0 Å². The number of ether oxygens (including phenoxy) is 2. The van der Waals surface area contributed by atoms with Gasteiger partial charge in [-0.1, -0.05) is 36.4 Å². The van der Waals surface area contributed by atoms with Crippen LogP contribution in [0.4, 0.5) is 4.79 Å². The van der Waals surface area contributed by atoms with E-state index in [0.717, 1.165) is 30.3 Å². The summed E-state index contributed by atoms with van der Waals surface area (Å²) in [6, 6.07) is 8.09. The Hall–Kier alpha value is -2.14. The topological polar surface area (TPSA) is 55.8 Å². The van der Waals surface area contributed by atoms with Crippen LogP contribution in [0.3, 0.4) is 0 Å². The van der Waals surface area contributed by atoms with E-state index >= 15 is 0 Å². The van der Waals surface area contributed by atoms with Crippen molar-refractivity contribution in [2.24, 2.45) is 0 Å². The third-order valence-electron chi connectivity index (χ3n) is 4.67. The number of hydrogen-bond acceptors (Lipinski definition) is 4. The Balaban J connectivity index is 2.15. The second kappa shape index (κ2) is 9.37. The summed E-state index contributed by atoms with van der Waals surface area (Å²) in [4.78, 5) is 25.0. The van der Waals surface area contributed by atoms with Crippen LogP contribution >= 0.6 is 0 Å². The van der Waals surface area contributed by atoms with Crippen molar-refractivity contribution in [1.82, 2.24) is 4.90 Å². The first-order valence-electron chi connectivity index (χ1n) is 9.98. The van der Waals surface area contributed by atoms with Crippen LogP contribution in [-0.2, 0) is 20.7 Å². The lowest BCUT2D eigenvalue weighted by Gasteiger charge is -2.35. The highest BCUT2D eigenvalue weighted by Gasteiger charge is 2.45. The van der Waals surface area contributed by atoms with Crippen molar-refractivity contribution < 1.29 is 19.1 Å². The number of hydrogen-bond donors (Lipinski definition) is 0. The molecule has 2 rings (SSSR count). The molecule has 0 radical (unpaired) electrons. The van der Waals surface area contributed by atoms with Crippen LogP contribution < -0.4 is 0 Å². The van der Waals surface area contributed by atoms with Crippen LogP contribution in [0.15, 0.2) is 30.3 Å². The van der Waals surface area contributed by atoms with Crippen LogP contribution in [0.2, 0.25) is 0 Å². The smallest absolute Gasteiger partial charge is 0.412 e. The van der Waals surface area contributed by atoms with E-state index in [0.29, 0.717) is 19.4 Å². The SMILES string of the molecule is CC(C)(C)OC(=O)N1C(Cc2ccccc2/C=C\CCCC=O)COC1(C)C. The number of carbonyl (C=O) groups is 2. The summed E-state index contributed by atoms with van der Waals surface area (Å²) in [5.41, 5.74) is 1.03. The molecule has 1 heterocycles. The van der Waals surface area contributed by atoms with Gasteiger partial charge in [0.2, 0.25) is 0 Å². The van der Waals surface area contributed by atoms with E-state index < -0.39 is 11.3 Å². The number of allylic oxidation sites excluding steroid dienone is 1. The molecule has 1 saturated heterocycles. The first-order valence-corrected chi connectivity index (χ1v) is 9.98. The lowest BCUT2D eigenvalue weighted by Crippen LogP contribution is -2.50. The molecule has 0 aromatic heterocycles. The van der Waals surface area contributed by atoms with Gasteiger partial charge in [-0.2, -0.15) is 0 Å². The van der Waals surface area contributed by atoms with Crippen LogP contribution in [0.25, 0.3) is 6.08 Å². The predicted octanol–water partition coefficient (Wildman–Crippen LogP) is 4.98. The summed E-state index contributed by atoms with van der Waals surface area (Å²) < 4.78 is 11.5. The van der Waals surface area contributed by atoms with Gasteiger partial charge in [0.1, 0.15) is 17.6 Å². The fourth-order valence-corrected chi connectivity index (χ4v) is 3.38. The van der Waals surface area contributed by atoms with Crippen LogP contribution in [0.5, 0.6) is 0 Å². The van der Waals surface area contributed by atoms with Crippen LogP contribution in [0.1, 0.15) is 65.0 Å². The molecular weight excluding hydrogens is 354 g/mol. The Morgan fingerprint density at radius 3 is 2.68 bits per heavy atom. The molecule has 5 nitrogen and oxygen atoms in total. The first-order chi connectivity index (χ1) is 13.1. The third kappa shape index (κ3) is 6.20. The summed E-state index contributed by atoms with van der Waals surface area (Å²) >= 11 is 0. The minimum Gasteiger partial charge on any atom is -0.444 e. The van der Waals surface area contributed by atoms with Crippen molar-refractivity contribution in [2.75, 3.05) is 6.61 Å². The van der Waals surface area contributed by atoms with Gasteiger partial charge in [0.15, 0.2) is 0 Å². The average Bonchev–Trinajstić information content (AvgIpc) is 2.89. The van der Waals surface area contributed by atoms with E-state index in [2.05, 4.69) is 24.3 Å². The molecule has 0 bridgehead atoms. The predicted molar refractivity (Wildman–Crippen MR) is 111 cm³/mol. The fourth-order valence-electron chi connectivity index (χ4n) is 3.38. The number of benzene rings is 1. The minimum atomic E-state index is -0.702. The van der Waals surface area contributed by atoms with Crippen molar-refractivity contribution in [3.8, 4) is 0 Å². The summed E-state index contributed by atoms with van der Waals surface area (Å²) in [6.07, 6.45) is 7.82. The number of amides is 1.